The van der Waals surface area contributed by atoms with Crippen molar-refractivity contribution in [2.45, 2.75) is 13.3 Å². The largest absolute Gasteiger partial charge is 0.294 e. The molecule has 0 aliphatic heterocycles. The van der Waals surface area contributed by atoms with Gasteiger partial charge in [-0.05, 0) is 46.6 Å². The summed E-state index contributed by atoms with van der Waals surface area (Å²) in [5.41, 5.74) is 2.60. The molecule has 0 saturated carbocycles. The van der Waals surface area contributed by atoms with Crippen LogP contribution in [0, 0.1) is 12.7 Å². The van der Waals surface area contributed by atoms with Crippen LogP contribution in [0.2, 0.25) is 0 Å². The SMILES string of the molecule is Cc1cccc(CC(=O)c2ccc(F)cc2Br)c1. The number of Topliss-reactive ketones (excluding diaryl/α,β-unsaturated/α-hetero) is 1. The summed E-state index contributed by atoms with van der Waals surface area (Å²) in [6, 6.07) is 11.9. The lowest BCUT2D eigenvalue weighted by Gasteiger charge is -2.05. The van der Waals surface area contributed by atoms with E-state index in [2.05, 4.69) is 15.9 Å². The van der Waals surface area contributed by atoms with Crippen LogP contribution in [0.4, 0.5) is 4.39 Å². The minimum absolute atomic E-state index is 0.0209. The molecule has 2 aromatic carbocycles. The van der Waals surface area contributed by atoms with Gasteiger partial charge in [0.2, 0.25) is 0 Å². The van der Waals surface area contributed by atoms with Gasteiger partial charge in [-0.15, -0.1) is 0 Å². The molecule has 0 amide bonds. The highest BCUT2D eigenvalue weighted by Crippen LogP contribution is 2.20. The molecule has 0 heterocycles. The number of hydrogen-bond acceptors (Lipinski definition) is 1. The summed E-state index contributed by atoms with van der Waals surface area (Å²) in [4.78, 5) is 12.1. The van der Waals surface area contributed by atoms with Crippen LogP contribution in [0.15, 0.2) is 46.9 Å². The summed E-state index contributed by atoms with van der Waals surface area (Å²) < 4.78 is 13.4. The van der Waals surface area contributed by atoms with Crippen molar-refractivity contribution < 1.29 is 9.18 Å². The average molecular weight is 307 g/mol. The maximum atomic E-state index is 12.9. The number of halogens is 2. The van der Waals surface area contributed by atoms with Crippen LogP contribution in [0.1, 0.15) is 21.5 Å². The Labute approximate surface area is 114 Å². The fourth-order valence-corrected chi connectivity index (χ4v) is 2.39. The first-order chi connectivity index (χ1) is 8.56. The summed E-state index contributed by atoms with van der Waals surface area (Å²) in [6.45, 7) is 1.99. The van der Waals surface area contributed by atoms with Crippen LogP contribution in [-0.4, -0.2) is 5.78 Å². The van der Waals surface area contributed by atoms with E-state index < -0.39 is 0 Å². The molecule has 0 saturated heterocycles. The van der Waals surface area contributed by atoms with Crippen molar-refractivity contribution >= 4 is 21.7 Å². The van der Waals surface area contributed by atoms with Gasteiger partial charge < -0.3 is 0 Å². The zero-order valence-electron chi connectivity index (χ0n) is 9.91. The van der Waals surface area contributed by atoms with Crippen molar-refractivity contribution in [2.75, 3.05) is 0 Å². The van der Waals surface area contributed by atoms with E-state index >= 15 is 0 Å². The van der Waals surface area contributed by atoms with Crippen molar-refractivity contribution in [3.05, 3.63) is 69.4 Å². The van der Waals surface area contributed by atoms with Crippen molar-refractivity contribution in [3.63, 3.8) is 0 Å². The zero-order chi connectivity index (χ0) is 13.1. The maximum absolute atomic E-state index is 12.9. The van der Waals surface area contributed by atoms with Gasteiger partial charge in [0.25, 0.3) is 0 Å². The van der Waals surface area contributed by atoms with Crippen LogP contribution in [-0.2, 0) is 6.42 Å². The summed E-state index contributed by atoms with van der Waals surface area (Å²) in [5, 5.41) is 0. The lowest BCUT2D eigenvalue weighted by Crippen LogP contribution is -2.04. The fourth-order valence-electron chi connectivity index (χ4n) is 1.82. The van der Waals surface area contributed by atoms with Crippen molar-refractivity contribution in [1.29, 1.82) is 0 Å². The van der Waals surface area contributed by atoms with E-state index in [0.29, 0.717) is 16.5 Å². The molecule has 1 nitrogen and oxygen atoms in total. The van der Waals surface area contributed by atoms with Crippen LogP contribution in [0.25, 0.3) is 0 Å². The third kappa shape index (κ3) is 3.05. The second kappa shape index (κ2) is 5.44. The zero-order valence-corrected chi connectivity index (χ0v) is 11.5. The number of benzene rings is 2. The molecule has 0 radical (unpaired) electrons. The molecule has 0 bridgehead atoms. The Balaban J connectivity index is 2.22. The molecule has 3 heteroatoms. The van der Waals surface area contributed by atoms with Gasteiger partial charge in [0, 0.05) is 16.5 Å². The monoisotopic (exact) mass is 306 g/mol. The number of ketones is 1. The summed E-state index contributed by atoms with van der Waals surface area (Å²) in [5.74, 6) is -0.374. The Morgan fingerprint density at radius 3 is 2.67 bits per heavy atom. The fraction of sp³-hybridized carbons (Fsp3) is 0.133. The quantitative estimate of drug-likeness (QED) is 0.772. The topological polar surface area (TPSA) is 17.1 Å². The van der Waals surface area contributed by atoms with Gasteiger partial charge in [0.15, 0.2) is 5.78 Å². The maximum Gasteiger partial charge on any atom is 0.168 e. The van der Waals surface area contributed by atoms with E-state index in [4.69, 9.17) is 0 Å². The highest BCUT2D eigenvalue weighted by Gasteiger charge is 2.11. The van der Waals surface area contributed by atoms with Gasteiger partial charge in [-0.25, -0.2) is 4.39 Å². The molecule has 18 heavy (non-hydrogen) atoms. The number of carbonyl (C=O) groups is 1. The predicted octanol–water partition coefficient (Wildman–Crippen LogP) is 4.32. The van der Waals surface area contributed by atoms with Crippen molar-refractivity contribution in [2.24, 2.45) is 0 Å². The molecule has 0 aliphatic rings. The molecule has 2 rings (SSSR count). The Morgan fingerprint density at radius 2 is 2.00 bits per heavy atom. The first kappa shape index (κ1) is 13.0. The minimum Gasteiger partial charge on any atom is -0.294 e. The standard InChI is InChI=1S/C15H12BrFO/c1-10-3-2-4-11(7-10)8-15(18)13-6-5-12(17)9-14(13)16/h2-7,9H,8H2,1H3. The normalized spacial score (nSPS) is 10.4. The number of hydrogen-bond donors (Lipinski definition) is 0. The lowest BCUT2D eigenvalue weighted by molar-refractivity contribution is 0.0992. The van der Waals surface area contributed by atoms with E-state index in [1.807, 2.05) is 31.2 Å². The van der Waals surface area contributed by atoms with Gasteiger partial charge in [-0.1, -0.05) is 29.8 Å². The molecular formula is C15H12BrFO. The molecule has 92 valence electrons. The van der Waals surface area contributed by atoms with E-state index in [0.717, 1.165) is 11.1 Å². The van der Waals surface area contributed by atoms with Gasteiger partial charge in [-0.2, -0.15) is 0 Å². The van der Waals surface area contributed by atoms with Gasteiger partial charge in [-0.3, -0.25) is 4.79 Å². The minimum atomic E-state index is -0.353. The van der Waals surface area contributed by atoms with Gasteiger partial charge in [0.05, 0.1) is 0 Å². The Kier molecular flexibility index (Phi) is 3.92. The van der Waals surface area contributed by atoms with E-state index in [1.165, 1.54) is 18.2 Å². The Hall–Kier alpha value is -1.48. The molecule has 0 unspecified atom stereocenters. The number of carbonyl (C=O) groups excluding carboxylic acids is 1. The molecule has 0 spiro atoms. The van der Waals surface area contributed by atoms with E-state index in [9.17, 15) is 9.18 Å². The Morgan fingerprint density at radius 1 is 1.22 bits per heavy atom. The third-order valence-corrected chi connectivity index (χ3v) is 3.33. The van der Waals surface area contributed by atoms with E-state index in [-0.39, 0.29) is 11.6 Å². The lowest BCUT2D eigenvalue weighted by atomic mass is 10.0. The van der Waals surface area contributed by atoms with Gasteiger partial charge in [0.1, 0.15) is 5.82 Å². The second-order valence-corrected chi connectivity index (χ2v) is 5.07. The van der Waals surface area contributed by atoms with E-state index in [1.54, 1.807) is 0 Å². The smallest absolute Gasteiger partial charge is 0.168 e. The highest BCUT2D eigenvalue weighted by molar-refractivity contribution is 9.10. The van der Waals surface area contributed by atoms with Crippen LogP contribution in [0.3, 0.4) is 0 Å². The average Bonchev–Trinajstić information content (AvgIpc) is 2.28. The summed E-state index contributed by atoms with van der Waals surface area (Å²) >= 11 is 3.21. The summed E-state index contributed by atoms with van der Waals surface area (Å²) in [7, 11) is 0. The predicted molar refractivity (Wildman–Crippen MR) is 73.3 cm³/mol. The van der Waals surface area contributed by atoms with Crippen LogP contribution in [0.5, 0.6) is 0 Å². The summed E-state index contributed by atoms with van der Waals surface area (Å²) in [6.07, 6.45) is 0.325. The van der Waals surface area contributed by atoms with Crippen LogP contribution >= 0.6 is 15.9 Å². The number of rotatable bonds is 3. The van der Waals surface area contributed by atoms with Gasteiger partial charge >= 0.3 is 0 Å². The van der Waals surface area contributed by atoms with Crippen molar-refractivity contribution in [3.8, 4) is 0 Å². The molecular weight excluding hydrogens is 295 g/mol. The van der Waals surface area contributed by atoms with Crippen molar-refractivity contribution in [1.82, 2.24) is 0 Å². The third-order valence-electron chi connectivity index (χ3n) is 2.68. The highest BCUT2D eigenvalue weighted by atomic mass is 79.9. The first-order valence-corrected chi connectivity index (χ1v) is 6.39. The number of aryl methyl sites for hydroxylation is 1. The molecule has 2 aromatic rings. The molecule has 0 fully saturated rings. The molecule has 0 atom stereocenters. The molecule has 0 aliphatic carbocycles. The molecule has 0 aromatic heterocycles. The second-order valence-electron chi connectivity index (χ2n) is 4.21. The first-order valence-electron chi connectivity index (χ1n) is 5.60. The van der Waals surface area contributed by atoms with Crippen LogP contribution < -0.4 is 0 Å². The Bertz CT molecular complexity index is 593. The molecule has 0 N–H and O–H groups in total.